The molecule has 0 aromatic carbocycles. The van der Waals surface area contributed by atoms with Crippen LogP contribution >= 0.6 is 0 Å². The summed E-state index contributed by atoms with van der Waals surface area (Å²) >= 11 is 0. The van der Waals surface area contributed by atoms with Crippen LogP contribution in [0, 0.1) is 13.8 Å². The van der Waals surface area contributed by atoms with Gasteiger partial charge in [0, 0.05) is 24.5 Å². The maximum atomic E-state index is 5.70. The van der Waals surface area contributed by atoms with Crippen LogP contribution in [0.1, 0.15) is 25.2 Å². The molecule has 0 saturated carbocycles. The molecule has 0 unspecified atom stereocenters. The predicted octanol–water partition coefficient (Wildman–Crippen LogP) is 1.71. The highest BCUT2D eigenvalue weighted by Gasteiger charge is 2.24. The lowest BCUT2D eigenvalue weighted by Crippen LogP contribution is -2.46. The molecule has 0 bridgehead atoms. The predicted molar refractivity (Wildman–Crippen MR) is 63.7 cm³/mol. The molecule has 2 heterocycles. The second-order valence-corrected chi connectivity index (χ2v) is 4.61. The van der Waals surface area contributed by atoms with Gasteiger partial charge in [0.25, 0.3) is 0 Å². The zero-order valence-electron chi connectivity index (χ0n) is 10.4. The van der Waals surface area contributed by atoms with Crippen LogP contribution in [0.25, 0.3) is 0 Å². The lowest BCUT2D eigenvalue weighted by molar-refractivity contribution is -0.00574. The van der Waals surface area contributed by atoms with E-state index in [2.05, 4.69) is 28.7 Å². The van der Waals surface area contributed by atoms with Gasteiger partial charge in [-0.1, -0.05) is 0 Å². The molecule has 2 rings (SSSR count). The molecule has 0 radical (unpaired) electrons. The highest BCUT2D eigenvalue weighted by atomic mass is 16.5. The van der Waals surface area contributed by atoms with Crippen molar-refractivity contribution in [2.75, 3.05) is 18.0 Å². The van der Waals surface area contributed by atoms with Crippen molar-refractivity contribution in [2.24, 2.45) is 0 Å². The molecule has 0 spiro atoms. The van der Waals surface area contributed by atoms with E-state index in [0.29, 0.717) is 0 Å². The summed E-state index contributed by atoms with van der Waals surface area (Å²) in [7, 11) is 0. The second kappa shape index (κ2) is 4.37. The molecule has 2 atom stereocenters. The molecule has 1 saturated heterocycles. The van der Waals surface area contributed by atoms with E-state index in [-0.39, 0.29) is 12.2 Å². The van der Waals surface area contributed by atoms with E-state index in [0.717, 1.165) is 30.4 Å². The zero-order chi connectivity index (χ0) is 11.7. The Bertz CT molecular complexity index is 350. The smallest absolute Gasteiger partial charge is 0.225 e. The van der Waals surface area contributed by atoms with Gasteiger partial charge in [-0.25, -0.2) is 9.97 Å². The molecule has 1 aliphatic rings. The van der Waals surface area contributed by atoms with Crippen molar-refractivity contribution in [3.8, 4) is 0 Å². The van der Waals surface area contributed by atoms with Crippen molar-refractivity contribution in [3.05, 3.63) is 17.5 Å². The average Bonchev–Trinajstić information content (AvgIpc) is 2.14. The van der Waals surface area contributed by atoms with Gasteiger partial charge in [-0.2, -0.15) is 0 Å². The first-order chi connectivity index (χ1) is 7.54. The fourth-order valence-electron chi connectivity index (χ4n) is 2.19. The van der Waals surface area contributed by atoms with Crippen LogP contribution in [0.5, 0.6) is 0 Å². The molecule has 1 aromatic rings. The van der Waals surface area contributed by atoms with Gasteiger partial charge < -0.3 is 9.64 Å². The van der Waals surface area contributed by atoms with Gasteiger partial charge in [0.2, 0.25) is 5.95 Å². The van der Waals surface area contributed by atoms with Crippen LogP contribution in [0.2, 0.25) is 0 Å². The molecular weight excluding hydrogens is 202 g/mol. The third-order valence-corrected chi connectivity index (χ3v) is 2.67. The number of aryl methyl sites for hydroxylation is 2. The molecule has 88 valence electrons. The zero-order valence-corrected chi connectivity index (χ0v) is 10.4. The van der Waals surface area contributed by atoms with Crippen molar-refractivity contribution in [3.63, 3.8) is 0 Å². The Morgan fingerprint density at radius 1 is 1.12 bits per heavy atom. The molecule has 1 fully saturated rings. The lowest BCUT2D eigenvalue weighted by atomic mass is 10.2. The summed E-state index contributed by atoms with van der Waals surface area (Å²) in [6.45, 7) is 9.92. The van der Waals surface area contributed by atoms with E-state index < -0.39 is 0 Å². The first-order valence-corrected chi connectivity index (χ1v) is 5.77. The van der Waals surface area contributed by atoms with Gasteiger partial charge in [-0.3, -0.25) is 0 Å². The minimum atomic E-state index is 0.244. The summed E-state index contributed by atoms with van der Waals surface area (Å²) in [5, 5.41) is 0. The number of ether oxygens (including phenoxy) is 1. The monoisotopic (exact) mass is 221 g/mol. The van der Waals surface area contributed by atoms with Gasteiger partial charge in [0.15, 0.2) is 0 Å². The number of rotatable bonds is 1. The van der Waals surface area contributed by atoms with Gasteiger partial charge in [-0.15, -0.1) is 0 Å². The summed E-state index contributed by atoms with van der Waals surface area (Å²) < 4.78 is 5.70. The average molecular weight is 221 g/mol. The van der Waals surface area contributed by atoms with Crippen molar-refractivity contribution < 1.29 is 4.74 Å². The van der Waals surface area contributed by atoms with Gasteiger partial charge in [-0.05, 0) is 33.8 Å². The molecule has 0 amide bonds. The van der Waals surface area contributed by atoms with E-state index in [9.17, 15) is 0 Å². The maximum absolute atomic E-state index is 5.70. The maximum Gasteiger partial charge on any atom is 0.225 e. The van der Waals surface area contributed by atoms with Crippen molar-refractivity contribution in [2.45, 2.75) is 39.9 Å². The number of nitrogens with zero attached hydrogens (tertiary/aromatic N) is 3. The highest BCUT2D eigenvalue weighted by molar-refractivity contribution is 5.33. The van der Waals surface area contributed by atoms with E-state index in [4.69, 9.17) is 4.74 Å². The fraction of sp³-hybridized carbons (Fsp3) is 0.667. The normalized spacial score (nSPS) is 25.9. The van der Waals surface area contributed by atoms with Crippen LogP contribution in [0.15, 0.2) is 6.07 Å². The minimum Gasteiger partial charge on any atom is -0.372 e. The fourth-order valence-corrected chi connectivity index (χ4v) is 2.19. The molecule has 0 N–H and O–H groups in total. The highest BCUT2D eigenvalue weighted by Crippen LogP contribution is 2.17. The summed E-state index contributed by atoms with van der Waals surface area (Å²) in [4.78, 5) is 11.2. The SMILES string of the molecule is Cc1cc(C)nc(N2C[C@@H](C)O[C@@H](C)C2)n1. The van der Waals surface area contributed by atoms with Gasteiger partial charge >= 0.3 is 0 Å². The van der Waals surface area contributed by atoms with Crippen molar-refractivity contribution >= 4 is 5.95 Å². The largest absolute Gasteiger partial charge is 0.372 e. The van der Waals surface area contributed by atoms with Crippen molar-refractivity contribution in [1.29, 1.82) is 0 Å². The minimum absolute atomic E-state index is 0.244. The molecular formula is C12H19N3O. The van der Waals surface area contributed by atoms with Crippen molar-refractivity contribution in [1.82, 2.24) is 9.97 Å². The lowest BCUT2D eigenvalue weighted by Gasteiger charge is -2.35. The topological polar surface area (TPSA) is 38.2 Å². The van der Waals surface area contributed by atoms with E-state index in [1.54, 1.807) is 0 Å². The Labute approximate surface area is 96.7 Å². The Kier molecular flexibility index (Phi) is 3.10. The molecule has 4 heteroatoms. The molecule has 4 nitrogen and oxygen atoms in total. The van der Waals surface area contributed by atoms with Crippen LogP contribution in [-0.2, 0) is 4.74 Å². The van der Waals surface area contributed by atoms with E-state index in [1.165, 1.54) is 0 Å². The Hall–Kier alpha value is -1.16. The third-order valence-electron chi connectivity index (χ3n) is 2.67. The number of morpholine rings is 1. The standard InChI is InChI=1S/C12H19N3O/c1-8-5-9(2)14-12(13-8)15-6-10(3)16-11(4)7-15/h5,10-11H,6-7H2,1-4H3/t10-,11+. The van der Waals surface area contributed by atoms with Gasteiger partial charge in [0.1, 0.15) is 0 Å². The number of aromatic nitrogens is 2. The summed E-state index contributed by atoms with van der Waals surface area (Å²) in [6.07, 6.45) is 0.487. The van der Waals surface area contributed by atoms with Crippen LogP contribution in [-0.4, -0.2) is 35.3 Å². The molecule has 1 aromatic heterocycles. The summed E-state index contributed by atoms with van der Waals surface area (Å²) in [5.74, 6) is 0.833. The van der Waals surface area contributed by atoms with Gasteiger partial charge in [0.05, 0.1) is 12.2 Å². The van der Waals surface area contributed by atoms with Crippen LogP contribution in [0.4, 0.5) is 5.95 Å². The number of hydrogen-bond donors (Lipinski definition) is 0. The second-order valence-electron chi connectivity index (χ2n) is 4.61. The summed E-state index contributed by atoms with van der Waals surface area (Å²) in [6, 6.07) is 2.00. The molecule has 0 aliphatic carbocycles. The van der Waals surface area contributed by atoms with Crippen LogP contribution in [0.3, 0.4) is 0 Å². The summed E-state index contributed by atoms with van der Waals surface area (Å²) in [5.41, 5.74) is 2.04. The number of anilines is 1. The number of hydrogen-bond acceptors (Lipinski definition) is 4. The Balaban J connectivity index is 2.22. The molecule has 1 aliphatic heterocycles. The Morgan fingerprint density at radius 2 is 1.62 bits per heavy atom. The van der Waals surface area contributed by atoms with Crippen LogP contribution < -0.4 is 4.90 Å². The van der Waals surface area contributed by atoms with E-state index in [1.807, 2.05) is 19.9 Å². The quantitative estimate of drug-likeness (QED) is 0.723. The third kappa shape index (κ3) is 2.50. The first-order valence-electron chi connectivity index (χ1n) is 5.77. The first kappa shape index (κ1) is 11.3. The van der Waals surface area contributed by atoms with E-state index >= 15 is 0 Å². The molecule has 16 heavy (non-hydrogen) atoms. The Morgan fingerprint density at radius 3 is 2.12 bits per heavy atom.